The van der Waals surface area contributed by atoms with Gasteiger partial charge in [-0.25, -0.2) is 0 Å². The Kier molecular flexibility index (Phi) is 6.39. The SMILES string of the molecule is COc1ccc(C#CN(S(=O)(=O)c2ccc(C)cc2)S(=O)(=O)c2ccc(C)cc2)cc1. The molecule has 0 aliphatic rings. The Labute approximate surface area is 183 Å². The molecule has 0 bridgehead atoms. The second-order valence-corrected chi connectivity index (χ2v) is 10.6. The van der Waals surface area contributed by atoms with Crippen molar-refractivity contribution in [2.45, 2.75) is 23.6 Å². The lowest BCUT2D eigenvalue weighted by Gasteiger charge is -2.18. The number of benzene rings is 3. The fraction of sp³-hybridized carbons (Fsp3) is 0.130. The van der Waals surface area contributed by atoms with Crippen molar-refractivity contribution in [1.82, 2.24) is 3.71 Å². The summed E-state index contributed by atoms with van der Waals surface area (Å²) in [5.74, 6) is 3.23. The number of methoxy groups -OCH3 is 1. The Balaban J connectivity index is 2.15. The lowest BCUT2D eigenvalue weighted by Crippen LogP contribution is -2.33. The van der Waals surface area contributed by atoms with Gasteiger partial charge in [0.1, 0.15) is 5.75 Å². The van der Waals surface area contributed by atoms with Crippen LogP contribution in [0.15, 0.2) is 82.6 Å². The molecule has 3 rings (SSSR count). The molecule has 0 aliphatic heterocycles. The standard InChI is InChI=1S/C23H21NO5S2/c1-18-4-12-22(13-5-18)30(25,26)24(17-16-20-8-10-21(29-3)11-9-20)31(27,28)23-14-6-19(2)7-15-23/h4-15H,1-3H3. The average Bonchev–Trinajstić information content (AvgIpc) is 2.74. The average molecular weight is 456 g/mol. The Morgan fingerprint density at radius 3 is 1.48 bits per heavy atom. The van der Waals surface area contributed by atoms with Crippen molar-refractivity contribution in [3.05, 3.63) is 89.5 Å². The summed E-state index contributed by atoms with van der Waals surface area (Å²) in [4.78, 5) is -0.337. The van der Waals surface area contributed by atoms with Crippen LogP contribution in [0, 0.1) is 25.8 Å². The third-order valence-corrected chi connectivity index (χ3v) is 8.42. The minimum atomic E-state index is -4.47. The highest BCUT2D eigenvalue weighted by Gasteiger charge is 2.34. The Morgan fingerprint density at radius 2 is 1.10 bits per heavy atom. The summed E-state index contributed by atoms with van der Waals surface area (Å²) >= 11 is 0. The Hall–Kier alpha value is -3.28. The molecule has 0 amide bonds. The molecule has 160 valence electrons. The Bertz CT molecular complexity index is 1260. The second kappa shape index (κ2) is 8.84. The molecule has 0 radical (unpaired) electrons. The normalized spacial score (nSPS) is 11.3. The van der Waals surface area contributed by atoms with E-state index in [1.807, 2.05) is 0 Å². The van der Waals surface area contributed by atoms with Crippen molar-refractivity contribution in [3.8, 4) is 17.7 Å². The molecule has 0 heterocycles. The predicted molar refractivity (Wildman–Crippen MR) is 118 cm³/mol. The first-order valence-electron chi connectivity index (χ1n) is 9.24. The van der Waals surface area contributed by atoms with Gasteiger partial charge in [0, 0.05) is 11.6 Å². The van der Waals surface area contributed by atoms with Crippen molar-refractivity contribution in [2.75, 3.05) is 7.11 Å². The molecular weight excluding hydrogens is 434 g/mol. The smallest absolute Gasteiger partial charge is 0.284 e. The highest BCUT2D eigenvalue weighted by Crippen LogP contribution is 2.24. The number of hydrogen-bond acceptors (Lipinski definition) is 5. The Morgan fingerprint density at radius 1 is 0.677 bits per heavy atom. The van der Waals surface area contributed by atoms with Gasteiger partial charge < -0.3 is 4.74 Å². The van der Waals surface area contributed by atoms with Crippen LogP contribution >= 0.6 is 0 Å². The maximum absolute atomic E-state index is 13.3. The molecule has 0 aromatic heterocycles. The van der Waals surface area contributed by atoms with Crippen molar-refractivity contribution in [3.63, 3.8) is 0 Å². The molecule has 3 aromatic rings. The summed E-state index contributed by atoms with van der Waals surface area (Å²) < 4.78 is 58.4. The van der Waals surface area contributed by atoms with Gasteiger partial charge in [0.2, 0.25) is 0 Å². The first-order chi connectivity index (χ1) is 14.6. The van der Waals surface area contributed by atoms with Crippen LogP contribution in [0.25, 0.3) is 0 Å². The first kappa shape index (κ1) is 22.4. The van der Waals surface area contributed by atoms with E-state index in [0.29, 0.717) is 11.3 Å². The summed E-state index contributed by atoms with van der Waals surface area (Å²) in [6.07, 6.45) is 0. The maximum atomic E-state index is 13.3. The summed E-state index contributed by atoms with van der Waals surface area (Å²) in [6, 6.07) is 20.7. The topological polar surface area (TPSA) is 80.8 Å². The molecule has 0 fully saturated rings. The molecule has 0 saturated carbocycles. The third-order valence-electron chi connectivity index (χ3n) is 4.46. The van der Waals surface area contributed by atoms with Gasteiger partial charge in [-0.3, -0.25) is 0 Å². The molecule has 6 nitrogen and oxygen atoms in total. The highest BCUT2D eigenvalue weighted by molar-refractivity contribution is 8.04. The minimum Gasteiger partial charge on any atom is -0.497 e. The van der Waals surface area contributed by atoms with Crippen molar-refractivity contribution >= 4 is 20.0 Å². The molecule has 0 aliphatic carbocycles. The zero-order valence-corrected chi connectivity index (χ0v) is 18.9. The van der Waals surface area contributed by atoms with Crippen LogP contribution < -0.4 is 4.74 Å². The van der Waals surface area contributed by atoms with Gasteiger partial charge in [-0.05, 0) is 68.3 Å². The molecule has 0 saturated heterocycles. The van der Waals surface area contributed by atoms with Gasteiger partial charge in [0.05, 0.1) is 16.9 Å². The number of hydrogen-bond donors (Lipinski definition) is 0. The lowest BCUT2D eigenvalue weighted by atomic mass is 10.2. The highest BCUT2D eigenvalue weighted by atomic mass is 32.3. The second-order valence-electron chi connectivity index (χ2n) is 6.80. The zero-order chi connectivity index (χ0) is 22.6. The van der Waals surface area contributed by atoms with Gasteiger partial charge >= 0.3 is 0 Å². The fourth-order valence-corrected chi connectivity index (χ4v) is 5.87. The van der Waals surface area contributed by atoms with E-state index >= 15 is 0 Å². The number of aryl methyl sites for hydroxylation is 2. The van der Waals surface area contributed by atoms with E-state index in [2.05, 4.69) is 12.0 Å². The molecule has 3 aromatic carbocycles. The quantitative estimate of drug-likeness (QED) is 0.433. The van der Waals surface area contributed by atoms with Crippen molar-refractivity contribution < 1.29 is 21.6 Å². The predicted octanol–water partition coefficient (Wildman–Crippen LogP) is 3.70. The molecular formula is C23H21NO5S2. The number of rotatable bonds is 5. The van der Waals surface area contributed by atoms with Crippen molar-refractivity contribution in [1.29, 1.82) is 0 Å². The van der Waals surface area contributed by atoms with E-state index in [0.717, 1.165) is 11.1 Å². The summed E-state index contributed by atoms with van der Waals surface area (Å²) in [5.41, 5.74) is 2.12. The van der Waals surface area contributed by atoms with Crippen LogP contribution in [-0.4, -0.2) is 27.7 Å². The van der Waals surface area contributed by atoms with Crippen LogP contribution in [0.5, 0.6) is 5.75 Å². The monoisotopic (exact) mass is 455 g/mol. The van der Waals surface area contributed by atoms with Crippen LogP contribution in [-0.2, 0) is 20.0 Å². The van der Waals surface area contributed by atoms with E-state index in [1.54, 1.807) is 62.4 Å². The summed E-state index contributed by atoms with van der Waals surface area (Å²) in [7, 11) is -7.42. The fourth-order valence-electron chi connectivity index (χ4n) is 2.65. The lowest BCUT2D eigenvalue weighted by molar-refractivity contribution is 0.415. The van der Waals surface area contributed by atoms with Gasteiger partial charge in [-0.15, -0.1) is 3.71 Å². The van der Waals surface area contributed by atoms with E-state index < -0.39 is 20.0 Å². The first-order valence-corrected chi connectivity index (χ1v) is 12.1. The molecule has 0 atom stereocenters. The van der Waals surface area contributed by atoms with E-state index in [9.17, 15) is 16.8 Å². The number of ether oxygens (including phenoxy) is 1. The van der Waals surface area contributed by atoms with Crippen molar-refractivity contribution in [2.24, 2.45) is 0 Å². The molecule has 31 heavy (non-hydrogen) atoms. The van der Waals surface area contributed by atoms with E-state index in [4.69, 9.17) is 4.74 Å². The minimum absolute atomic E-state index is 0.169. The van der Waals surface area contributed by atoms with Gasteiger partial charge in [0.15, 0.2) is 0 Å². The van der Waals surface area contributed by atoms with Gasteiger partial charge in [-0.1, -0.05) is 35.4 Å². The summed E-state index contributed by atoms with van der Waals surface area (Å²) in [5, 5.41) is 0. The molecule has 0 spiro atoms. The van der Waals surface area contributed by atoms with E-state index in [-0.39, 0.29) is 13.5 Å². The molecule has 0 unspecified atom stereocenters. The molecule has 8 heteroatoms. The zero-order valence-electron chi connectivity index (χ0n) is 17.2. The van der Waals surface area contributed by atoms with Crippen LogP contribution in [0.1, 0.15) is 16.7 Å². The maximum Gasteiger partial charge on any atom is 0.284 e. The van der Waals surface area contributed by atoms with Crippen LogP contribution in [0.3, 0.4) is 0 Å². The van der Waals surface area contributed by atoms with E-state index in [1.165, 1.54) is 31.4 Å². The number of sulfonamides is 2. The van der Waals surface area contributed by atoms with Gasteiger partial charge in [0.25, 0.3) is 20.0 Å². The molecule has 0 N–H and O–H groups in total. The van der Waals surface area contributed by atoms with Crippen LogP contribution in [0.4, 0.5) is 0 Å². The van der Waals surface area contributed by atoms with Gasteiger partial charge in [-0.2, -0.15) is 16.8 Å². The largest absolute Gasteiger partial charge is 0.497 e. The summed E-state index contributed by atoms with van der Waals surface area (Å²) in [6.45, 7) is 3.61. The van der Waals surface area contributed by atoms with Crippen LogP contribution in [0.2, 0.25) is 0 Å². The number of nitrogens with zero attached hydrogens (tertiary/aromatic N) is 1. The third kappa shape index (κ3) is 4.90.